The van der Waals surface area contributed by atoms with E-state index in [1.54, 1.807) is 6.20 Å². The maximum absolute atomic E-state index is 4.74. The molecule has 0 amide bonds. The van der Waals surface area contributed by atoms with Crippen LogP contribution in [0.1, 0.15) is 0 Å². The van der Waals surface area contributed by atoms with E-state index in [1.165, 1.54) is 0 Å². The van der Waals surface area contributed by atoms with E-state index in [4.69, 9.17) is 4.98 Å². The lowest BCUT2D eigenvalue weighted by molar-refractivity contribution is 0.425. The van der Waals surface area contributed by atoms with Crippen LogP contribution in [0.5, 0.6) is 0 Å². The summed E-state index contributed by atoms with van der Waals surface area (Å²) in [6.07, 6.45) is 1.80. The lowest BCUT2D eigenvalue weighted by Crippen LogP contribution is -2.20. The van der Waals surface area contributed by atoms with Gasteiger partial charge in [-0.2, -0.15) is 0 Å². The highest BCUT2D eigenvalue weighted by molar-refractivity contribution is 8.93. The van der Waals surface area contributed by atoms with Crippen molar-refractivity contribution in [1.29, 1.82) is 0 Å². The highest BCUT2D eigenvalue weighted by Crippen LogP contribution is 2.27. The van der Waals surface area contributed by atoms with Crippen LogP contribution in [-0.4, -0.2) is 42.1 Å². The molecule has 0 bridgehead atoms. The zero-order valence-corrected chi connectivity index (χ0v) is 15.1. The topological polar surface area (TPSA) is 41.0 Å². The maximum Gasteiger partial charge on any atom is 0.0914 e. The van der Waals surface area contributed by atoms with E-state index in [9.17, 15) is 0 Å². The molecule has 5 heteroatoms. The van der Waals surface area contributed by atoms with Crippen molar-refractivity contribution in [2.24, 2.45) is 0 Å². The number of nitrogens with one attached hydrogen (secondary N) is 1. The standard InChI is InChI=1S/C18H20N4.BrH/c1-22(2)12-11-20-17-13-18(16-9-5-6-10-19-16)21-15-8-4-3-7-14(15)17;/h3-10,13H,11-12H2,1-2H3,(H,20,21);1H. The fourth-order valence-corrected chi connectivity index (χ4v) is 2.38. The summed E-state index contributed by atoms with van der Waals surface area (Å²) >= 11 is 0. The maximum atomic E-state index is 4.74. The van der Waals surface area contributed by atoms with E-state index >= 15 is 0 Å². The van der Waals surface area contributed by atoms with Crippen molar-refractivity contribution >= 4 is 33.6 Å². The molecule has 0 spiro atoms. The van der Waals surface area contributed by atoms with Crippen LogP contribution in [0.2, 0.25) is 0 Å². The van der Waals surface area contributed by atoms with E-state index in [1.807, 2.05) is 36.4 Å². The van der Waals surface area contributed by atoms with E-state index < -0.39 is 0 Å². The molecule has 0 radical (unpaired) electrons. The first-order valence-corrected chi connectivity index (χ1v) is 7.44. The van der Waals surface area contributed by atoms with Crippen molar-refractivity contribution in [3.8, 4) is 11.4 Å². The second-order valence-corrected chi connectivity index (χ2v) is 5.52. The average Bonchev–Trinajstić information content (AvgIpc) is 2.55. The van der Waals surface area contributed by atoms with Crippen LogP contribution in [0.3, 0.4) is 0 Å². The Morgan fingerprint density at radius 2 is 1.78 bits per heavy atom. The summed E-state index contributed by atoms with van der Waals surface area (Å²) in [5, 5.41) is 4.66. The Bertz CT molecular complexity index is 759. The van der Waals surface area contributed by atoms with Gasteiger partial charge in [-0.3, -0.25) is 4.98 Å². The molecule has 0 saturated carbocycles. The molecular weight excluding hydrogens is 352 g/mol. The van der Waals surface area contributed by atoms with Crippen molar-refractivity contribution in [2.45, 2.75) is 0 Å². The third-order valence-electron chi connectivity index (χ3n) is 3.52. The zero-order valence-electron chi connectivity index (χ0n) is 13.4. The number of hydrogen-bond acceptors (Lipinski definition) is 4. The van der Waals surface area contributed by atoms with Gasteiger partial charge < -0.3 is 10.2 Å². The molecule has 3 rings (SSSR count). The van der Waals surface area contributed by atoms with Gasteiger partial charge in [0.05, 0.1) is 16.9 Å². The quantitative estimate of drug-likeness (QED) is 0.738. The molecule has 0 aliphatic carbocycles. The summed E-state index contributed by atoms with van der Waals surface area (Å²) in [5.74, 6) is 0. The van der Waals surface area contributed by atoms with E-state index in [0.717, 1.165) is 41.1 Å². The molecule has 2 aromatic heterocycles. The normalized spacial score (nSPS) is 10.6. The lowest BCUT2D eigenvalue weighted by Gasteiger charge is -2.14. The van der Waals surface area contributed by atoms with Crippen LogP contribution in [0, 0.1) is 0 Å². The number of aromatic nitrogens is 2. The molecule has 0 saturated heterocycles. The number of para-hydroxylation sites is 1. The Balaban J connectivity index is 0.00000192. The molecule has 0 aliphatic heterocycles. The van der Waals surface area contributed by atoms with Crippen molar-refractivity contribution in [2.75, 3.05) is 32.5 Å². The Labute approximate surface area is 147 Å². The summed E-state index contributed by atoms with van der Waals surface area (Å²) in [5.41, 5.74) is 3.88. The van der Waals surface area contributed by atoms with Gasteiger partial charge in [0.1, 0.15) is 0 Å². The van der Waals surface area contributed by atoms with Gasteiger partial charge in [-0.15, -0.1) is 17.0 Å². The van der Waals surface area contributed by atoms with Crippen LogP contribution in [0.15, 0.2) is 54.7 Å². The van der Waals surface area contributed by atoms with Crippen LogP contribution < -0.4 is 5.32 Å². The van der Waals surface area contributed by atoms with Crippen LogP contribution in [-0.2, 0) is 0 Å². The molecule has 1 aromatic carbocycles. The van der Waals surface area contributed by atoms with Crippen molar-refractivity contribution < 1.29 is 0 Å². The largest absolute Gasteiger partial charge is 0.383 e. The fraction of sp³-hybridized carbons (Fsp3) is 0.222. The third kappa shape index (κ3) is 4.27. The number of halogens is 1. The third-order valence-corrected chi connectivity index (χ3v) is 3.52. The molecule has 2 heterocycles. The molecule has 3 aromatic rings. The number of likely N-dealkylation sites (N-methyl/N-ethyl adjacent to an activating group) is 1. The number of fused-ring (bicyclic) bond motifs is 1. The second-order valence-electron chi connectivity index (χ2n) is 5.52. The highest BCUT2D eigenvalue weighted by Gasteiger charge is 2.07. The molecule has 1 N–H and O–H groups in total. The first-order valence-electron chi connectivity index (χ1n) is 7.44. The summed E-state index contributed by atoms with van der Waals surface area (Å²) in [4.78, 5) is 11.3. The molecule has 23 heavy (non-hydrogen) atoms. The van der Waals surface area contributed by atoms with E-state index in [-0.39, 0.29) is 17.0 Å². The molecule has 0 unspecified atom stereocenters. The van der Waals surface area contributed by atoms with E-state index in [2.05, 4.69) is 41.4 Å². The predicted octanol–water partition coefficient (Wildman–Crippen LogP) is 3.85. The van der Waals surface area contributed by atoms with Crippen molar-refractivity contribution in [3.05, 3.63) is 54.7 Å². The number of benzene rings is 1. The number of nitrogens with zero attached hydrogens (tertiary/aromatic N) is 3. The molecule has 4 nitrogen and oxygen atoms in total. The van der Waals surface area contributed by atoms with Gasteiger partial charge >= 0.3 is 0 Å². The van der Waals surface area contributed by atoms with Gasteiger partial charge in [0.25, 0.3) is 0 Å². The Hall–Kier alpha value is -1.98. The smallest absolute Gasteiger partial charge is 0.0914 e. The van der Waals surface area contributed by atoms with Crippen LogP contribution in [0.4, 0.5) is 5.69 Å². The molecule has 0 atom stereocenters. The predicted molar refractivity (Wildman–Crippen MR) is 102 cm³/mol. The van der Waals surface area contributed by atoms with Crippen molar-refractivity contribution in [3.63, 3.8) is 0 Å². The molecular formula is C18H21BrN4. The monoisotopic (exact) mass is 372 g/mol. The number of pyridine rings is 2. The number of anilines is 1. The second kappa shape index (κ2) is 8.04. The summed E-state index contributed by atoms with van der Waals surface area (Å²) in [6, 6.07) is 16.2. The van der Waals surface area contributed by atoms with Gasteiger partial charge in [0, 0.05) is 30.4 Å². The van der Waals surface area contributed by atoms with Crippen LogP contribution in [0.25, 0.3) is 22.3 Å². The fourth-order valence-electron chi connectivity index (χ4n) is 2.38. The Morgan fingerprint density at radius 1 is 1.00 bits per heavy atom. The zero-order chi connectivity index (χ0) is 15.4. The summed E-state index contributed by atoms with van der Waals surface area (Å²) in [7, 11) is 4.15. The first-order chi connectivity index (χ1) is 10.7. The molecule has 120 valence electrons. The molecule has 0 aliphatic rings. The SMILES string of the molecule is Br.CN(C)CCNc1cc(-c2ccccn2)nc2ccccc12. The average molecular weight is 373 g/mol. The van der Waals surface area contributed by atoms with Crippen LogP contribution >= 0.6 is 17.0 Å². The number of hydrogen-bond donors (Lipinski definition) is 1. The lowest BCUT2D eigenvalue weighted by atomic mass is 10.1. The minimum absolute atomic E-state index is 0. The molecule has 0 fully saturated rings. The van der Waals surface area contributed by atoms with Gasteiger partial charge in [0.15, 0.2) is 0 Å². The summed E-state index contributed by atoms with van der Waals surface area (Å²) < 4.78 is 0. The van der Waals surface area contributed by atoms with Gasteiger partial charge in [-0.05, 0) is 38.4 Å². The minimum Gasteiger partial charge on any atom is -0.383 e. The van der Waals surface area contributed by atoms with Gasteiger partial charge in [0.2, 0.25) is 0 Å². The van der Waals surface area contributed by atoms with E-state index in [0.29, 0.717) is 0 Å². The van der Waals surface area contributed by atoms with Gasteiger partial charge in [-0.1, -0.05) is 24.3 Å². The summed E-state index contributed by atoms with van der Waals surface area (Å²) in [6.45, 7) is 1.87. The Morgan fingerprint density at radius 3 is 2.52 bits per heavy atom. The Kier molecular flexibility index (Phi) is 6.07. The first kappa shape index (κ1) is 17.4. The van der Waals surface area contributed by atoms with Gasteiger partial charge in [-0.25, -0.2) is 4.98 Å². The van der Waals surface area contributed by atoms with Crippen molar-refractivity contribution in [1.82, 2.24) is 14.9 Å². The minimum atomic E-state index is 0. The number of rotatable bonds is 5. The highest BCUT2D eigenvalue weighted by atomic mass is 79.9.